The Morgan fingerprint density at radius 2 is 1.76 bits per heavy atom. The molecule has 0 aliphatic heterocycles. The van der Waals surface area contributed by atoms with Crippen molar-refractivity contribution in [3.63, 3.8) is 0 Å². The molecule has 7 heteroatoms. The number of aryl methyl sites for hydroxylation is 2. The molecule has 3 rings (SSSR count). The molecule has 33 heavy (non-hydrogen) atoms. The Hall–Kier alpha value is -3.87. The molecule has 0 aliphatic carbocycles. The molecule has 7 nitrogen and oxygen atoms in total. The lowest BCUT2D eigenvalue weighted by Gasteiger charge is -2.10. The second kappa shape index (κ2) is 12.2. The molecule has 2 N–H and O–H groups in total. The fraction of sp³-hybridized carbons (Fsp3) is 0.269. The quantitative estimate of drug-likeness (QED) is 0.435. The third-order valence-electron chi connectivity index (χ3n) is 4.91. The molecular formula is C26H29N3O4. The topological polar surface area (TPSA) is 89.6 Å². The van der Waals surface area contributed by atoms with Crippen molar-refractivity contribution in [1.82, 2.24) is 15.6 Å². The van der Waals surface area contributed by atoms with Gasteiger partial charge in [-0.25, -0.2) is 9.78 Å². The van der Waals surface area contributed by atoms with Crippen molar-refractivity contribution in [3.05, 3.63) is 89.1 Å². The predicted octanol–water partition coefficient (Wildman–Crippen LogP) is 4.81. The summed E-state index contributed by atoms with van der Waals surface area (Å²) < 4.78 is 11.0. The molecule has 2 aromatic carbocycles. The van der Waals surface area contributed by atoms with E-state index < -0.39 is 6.09 Å². The molecule has 0 saturated carbocycles. The predicted molar refractivity (Wildman–Crippen MR) is 126 cm³/mol. The lowest BCUT2D eigenvalue weighted by atomic mass is 10.1. The maximum atomic E-state index is 12.0. The van der Waals surface area contributed by atoms with Crippen LogP contribution in [-0.4, -0.2) is 23.5 Å². The van der Waals surface area contributed by atoms with E-state index in [0.717, 1.165) is 28.0 Å². The van der Waals surface area contributed by atoms with Crippen molar-refractivity contribution in [2.75, 3.05) is 6.54 Å². The summed E-state index contributed by atoms with van der Waals surface area (Å²) in [5.41, 5.74) is 3.96. The molecule has 0 atom stereocenters. The van der Waals surface area contributed by atoms with Crippen molar-refractivity contribution in [1.29, 1.82) is 0 Å². The average molecular weight is 448 g/mol. The molecule has 2 amide bonds. The van der Waals surface area contributed by atoms with Gasteiger partial charge in [0.05, 0.1) is 0 Å². The van der Waals surface area contributed by atoms with Gasteiger partial charge in [-0.3, -0.25) is 4.79 Å². The molecule has 3 aromatic rings. The minimum absolute atomic E-state index is 0.0924. The Balaban J connectivity index is 1.31. The number of carbonyl (C=O) groups is 2. The number of rotatable bonds is 10. The van der Waals surface area contributed by atoms with Crippen LogP contribution in [0.25, 0.3) is 0 Å². The number of hydrogen-bond acceptors (Lipinski definition) is 5. The summed E-state index contributed by atoms with van der Waals surface area (Å²) in [5, 5.41) is 5.51. The third-order valence-corrected chi connectivity index (χ3v) is 4.91. The fourth-order valence-corrected chi connectivity index (χ4v) is 3.01. The van der Waals surface area contributed by atoms with Crippen LogP contribution in [0.15, 0.2) is 66.9 Å². The highest BCUT2D eigenvalue weighted by molar-refractivity contribution is 5.76. The van der Waals surface area contributed by atoms with E-state index in [2.05, 4.69) is 15.6 Å². The number of pyridine rings is 1. The lowest BCUT2D eigenvalue weighted by Crippen LogP contribution is -2.27. The molecule has 0 saturated heterocycles. The molecule has 0 fully saturated rings. The number of benzene rings is 2. The second-order valence-corrected chi connectivity index (χ2v) is 7.74. The molecule has 0 spiro atoms. The summed E-state index contributed by atoms with van der Waals surface area (Å²) in [6, 6.07) is 19.1. The van der Waals surface area contributed by atoms with Gasteiger partial charge in [-0.2, -0.15) is 0 Å². The Kier molecular flexibility index (Phi) is 8.82. The van der Waals surface area contributed by atoms with Crippen LogP contribution in [0.5, 0.6) is 11.6 Å². The minimum Gasteiger partial charge on any atom is -0.445 e. The van der Waals surface area contributed by atoms with Gasteiger partial charge in [-0.1, -0.05) is 48.5 Å². The van der Waals surface area contributed by atoms with Crippen LogP contribution in [0.4, 0.5) is 4.79 Å². The SMILES string of the molecule is Cc1ccc(C)c(Oc2ccc(CNC(=O)CCCNC(=O)OCc3ccccc3)cn2)c1. The van der Waals surface area contributed by atoms with E-state index >= 15 is 0 Å². The first-order valence-corrected chi connectivity index (χ1v) is 10.9. The monoisotopic (exact) mass is 447 g/mol. The number of alkyl carbamates (subject to hydrolysis) is 1. The standard InChI is InChI=1S/C26H29N3O4/c1-19-10-11-20(2)23(15-19)33-25-13-12-22(17-29-25)16-28-24(30)9-6-14-27-26(31)32-18-21-7-4-3-5-8-21/h3-5,7-8,10-13,15,17H,6,9,14,16,18H2,1-2H3,(H,27,31)(H,28,30). The van der Waals surface area contributed by atoms with Crippen molar-refractivity contribution in [2.45, 2.75) is 39.8 Å². The Morgan fingerprint density at radius 1 is 0.939 bits per heavy atom. The van der Waals surface area contributed by atoms with Crippen LogP contribution in [-0.2, 0) is 22.7 Å². The third kappa shape index (κ3) is 8.29. The van der Waals surface area contributed by atoms with Crippen molar-refractivity contribution in [3.8, 4) is 11.6 Å². The highest BCUT2D eigenvalue weighted by Crippen LogP contribution is 2.24. The molecule has 1 aromatic heterocycles. The first-order chi connectivity index (χ1) is 16.0. The summed E-state index contributed by atoms with van der Waals surface area (Å²) in [6.07, 6.45) is 2.02. The van der Waals surface area contributed by atoms with Crippen molar-refractivity contribution < 1.29 is 19.1 Å². The van der Waals surface area contributed by atoms with Crippen molar-refractivity contribution >= 4 is 12.0 Å². The molecule has 0 unspecified atom stereocenters. The highest BCUT2D eigenvalue weighted by Gasteiger charge is 2.06. The van der Waals surface area contributed by atoms with Gasteiger partial charge in [-0.05, 0) is 48.6 Å². The molecule has 0 radical (unpaired) electrons. The fourth-order valence-electron chi connectivity index (χ4n) is 3.01. The first kappa shape index (κ1) is 23.8. The van der Waals surface area contributed by atoms with Crippen LogP contribution in [0.1, 0.15) is 35.1 Å². The van der Waals surface area contributed by atoms with Gasteiger partial charge in [0.1, 0.15) is 12.4 Å². The van der Waals surface area contributed by atoms with Gasteiger partial charge >= 0.3 is 6.09 Å². The van der Waals surface area contributed by atoms with E-state index in [0.29, 0.717) is 31.8 Å². The minimum atomic E-state index is -0.492. The van der Waals surface area contributed by atoms with Crippen LogP contribution < -0.4 is 15.4 Å². The lowest BCUT2D eigenvalue weighted by molar-refractivity contribution is -0.121. The summed E-state index contributed by atoms with van der Waals surface area (Å²) >= 11 is 0. The van der Waals surface area contributed by atoms with Gasteiger partial charge in [0.25, 0.3) is 0 Å². The van der Waals surface area contributed by atoms with E-state index in [9.17, 15) is 9.59 Å². The zero-order valence-electron chi connectivity index (χ0n) is 19.0. The zero-order chi connectivity index (χ0) is 23.5. The van der Waals surface area contributed by atoms with Crippen LogP contribution in [0.3, 0.4) is 0 Å². The number of hydrogen-bond donors (Lipinski definition) is 2. The average Bonchev–Trinajstić information content (AvgIpc) is 2.83. The van der Waals surface area contributed by atoms with Gasteiger partial charge in [-0.15, -0.1) is 0 Å². The number of amides is 2. The number of carbonyl (C=O) groups excluding carboxylic acids is 2. The van der Waals surface area contributed by atoms with Crippen molar-refractivity contribution in [2.24, 2.45) is 0 Å². The number of nitrogens with one attached hydrogen (secondary N) is 2. The van der Waals surface area contributed by atoms with Gasteiger partial charge in [0, 0.05) is 31.8 Å². The number of ether oxygens (including phenoxy) is 2. The summed E-state index contributed by atoms with van der Waals surface area (Å²) in [4.78, 5) is 28.1. The van der Waals surface area contributed by atoms with Crippen LogP contribution in [0, 0.1) is 13.8 Å². The Bertz CT molecular complexity index is 1050. The highest BCUT2D eigenvalue weighted by atomic mass is 16.5. The van der Waals surface area contributed by atoms with Crippen LogP contribution >= 0.6 is 0 Å². The molecule has 172 valence electrons. The van der Waals surface area contributed by atoms with E-state index in [4.69, 9.17) is 9.47 Å². The summed E-state index contributed by atoms with van der Waals surface area (Å²) in [7, 11) is 0. The van der Waals surface area contributed by atoms with Crippen LogP contribution in [0.2, 0.25) is 0 Å². The largest absolute Gasteiger partial charge is 0.445 e. The normalized spacial score (nSPS) is 10.4. The van der Waals surface area contributed by atoms with E-state index in [-0.39, 0.29) is 12.5 Å². The van der Waals surface area contributed by atoms with E-state index in [1.54, 1.807) is 12.3 Å². The number of nitrogens with zero attached hydrogens (tertiary/aromatic N) is 1. The maximum absolute atomic E-state index is 12.0. The Morgan fingerprint density at radius 3 is 2.52 bits per heavy atom. The van der Waals surface area contributed by atoms with Gasteiger partial charge in [0.2, 0.25) is 11.8 Å². The summed E-state index contributed by atoms with van der Waals surface area (Å²) in [6.45, 7) is 4.96. The van der Waals surface area contributed by atoms with Gasteiger partial charge < -0.3 is 20.1 Å². The molecule has 1 heterocycles. The smallest absolute Gasteiger partial charge is 0.407 e. The molecule has 0 bridgehead atoms. The maximum Gasteiger partial charge on any atom is 0.407 e. The zero-order valence-corrected chi connectivity index (χ0v) is 19.0. The molecular weight excluding hydrogens is 418 g/mol. The second-order valence-electron chi connectivity index (χ2n) is 7.74. The Labute approximate surface area is 194 Å². The van der Waals surface area contributed by atoms with E-state index in [1.807, 2.05) is 68.4 Å². The van der Waals surface area contributed by atoms with Gasteiger partial charge in [0.15, 0.2) is 0 Å². The van der Waals surface area contributed by atoms with E-state index in [1.165, 1.54) is 0 Å². The first-order valence-electron chi connectivity index (χ1n) is 10.9. The molecule has 0 aliphatic rings. The summed E-state index contributed by atoms with van der Waals surface area (Å²) in [5.74, 6) is 1.19. The number of aromatic nitrogens is 1.